The molecule has 1 spiro atoms. The normalized spacial score (nSPS) is 18.1. The van der Waals surface area contributed by atoms with Crippen molar-refractivity contribution < 1.29 is 60.4 Å². The van der Waals surface area contributed by atoms with Crippen LogP contribution >= 0.6 is 0 Å². The Morgan fingerprint density at radius 2 is 1.57 bits per heavy atom. The highest BCUT2D eigenvalue weighted by Gasteiger charge is 2.43. The Hall–Kier alpha value is -3.95. The van der Waals surface area contributed by atoms with E-state index >= 15 is 0 Å². The van der Waals surface area contributed by atoms with Crippen LogP contribution in [0.3, 0.4) is 0 Å². The molecule has 4 rings (SSSR count). The van der Waals surface area contributed by atoms with Crippen LogP contribution in [-0.4, -0.2) is 87.7 Å². The number of rotatable bonds is 4. The van der Waals surface area contributed by atoms with Gasteiger partial charge in [0.25, 0.3) is 5.91 Å². The van der Waals surface area contributed by atoms with Crippen LogP contribution in [0, 0.1) is 5.41 Å². The molecule has 2 fully saturated rings. The maximum atomic E-state index is 12.6. The van der Waals surface area contributed by atoms with E-state index in [1.165, 1.54) is 0 Å². The molecule has 2 aromatic heterocycles. The van der Waals surface area contributed by atoms with Gasteiger partial charge < -0.3 is 24.6 Å². The summed E-state index contributed by atoms with van der Waals surface area (Å²) < 4.78 is 75.2. The third-order valence-electron chi connectivity index (χ3n) is 5.85. The molecular weight excluding hydrogens is 556 g/mol. The zero-order valence-electron chi connectivity index (χ0n) is 20.7. The number of carbonyl (C=O) groups excluding carboxylic acids is 1. The maximum absolute atomic E-state index is 12.6. The van der Waals surface area contributed by atoms with E-state index in [4.69, 9.17) is 29.3 Å². The van der Waals surface area contributed by atoms with Crippen LogP contribution < -0.4 is 4.74 Å². The van der Waals surface area contributed by atoms with Gasteiger partial charge in [-0.05, 0) is 42.9 Å². The van der Waals surface area contributed by atoms with Crippen molar-refractivity contribution in [2.24, 2.45) is 5.41 Å². The Labute approximate surface area is 223 Å². The lowest BCUT2D eigenvalue weighted by Crippen LogP contribution is -2.43. The molecule has 2 saturated heterocycles. The van der Waals surface area contributed by atoms with Gasteiger partial charge in [-0.25, -0.2) is 14.6 Å². The number of pyridine rings is 2. The van der Waals surface area contributed by atoms with Crippen molar-refractivity contribution in [2.75, 3.05) is 26.3 Å². The first-order chi connectivity index (χ1) is 18.6. The van der Waals surface area contributed by atoms with E-state index in [0.29, 0.717) is 18.1 Å². The number of hydrogen-bond donors (Lipinski definition) is 2. The van der Waals surface area contributed by atoms with Gasteiger partial charge in [0.1, 0.15) is 6.61 Å². The van der Waals surface area contributed by atoms with Crippen molar-refractivity contribution in [3.05, 3.63) is 54.5 Å². The van der Waals surface area contributed by atoms with Crippen LogP contribution in [0.4, 0.5) is 26.3 Å². The first kappa shape index (κ1) is 32.3. The summed E-state index contributed by atoms with van der Waals surface area (Å²) in [5, 5.41) is 14.2. The second kappa shape index (κ2) is 13.9. The number of likely N-dealkylation sites (tertiary alicyclic amines) is 1. The highest BCUT2D eigenvalue weighted by molar-refractivity contribution is 5.93. The van der Waals surface area contributed by atoms with Gasteiger partial charge in [0, 0.05) is 37.7 Å². The highest BCUT2D eigenvalue weighted by atomic mass is 19.4. The van der Waals surface area contributed by atoms with Gasteiger partial charge in [0.2, 0.25) is 5.88 Å². The monoisotopic (exact) mass is 581 g/mol. The molecule has 0 saturated carbocycles. The van der Waals surface area contributed by atoms with E-state index in [1.807, 2.05) is 29.2 Å². The third kappa shape index (κ3) is 10.3. The van der Waals surface area contributed by atoms with Gasteiger partial charge in [0.15, 0.2) is 0 Å². The van der Waals surface area contributed by atoms with Crippen molar-refractivity contribution in [1.29, 1.82) is 0 Å². The number of carbonyl (C=O) groups is 3. The predicted molar refractivity (Wildman–Crippen MR) is 123 cm³/mol. The van der Waals surface area contributed by atoms with Gasteiger partial charge in [-0.3, -0.25) is 9.78 Å². The standard InChI is InChI=1S/C20H23N3O3.2C2HF3O2/c24-19(16-4-3-8-21-13-16)23-10-6-20(7-11-23)12-17(26-15-20)14-25-18-5-1-2-9-22-18;2*3-2(4,5)1(6)7/h1-5,8-9,13,17H,6-7,10-12,14-15H2;2*(H,6,7). The van der Waals surface area contributed by atoms with Crippen LogP contribution in [-0.2, 0) is 14.3 Å². The van der Waals surface area contributed by atoms with Crippen molar-refractivity contribution >= 4 is 17.8 Å². The van der Waals surface area contributed by atoms with E-state index in [2.05, 4.69) is 9.97 Å². The number of alkyl halides is 6. The second-order valence-electron chi connectivity index (χ2n) is 8.76. The van der Waals surface area contributed by atoms with E-state index in [-0.39, 0.29) is 17.4 Å². The van der Waals surface area contributed by atoms with E-state index in [9.17, 15) is 31.1 Å². The molecule has 2 N–H and O–H groups in total. The summed E-state index contributed by atoms with van der Waals surface area (Å²) in [5.41, 5.74) is 0.830. The predicted octanol–water partition coefficient (Wildman–Crippen LogP) is 3.83. The SMILES string of the molecule is O=C(O)C(F)(F)F.O=C(O)C(F)(F)F.O=C(c1cccnc1)N1CCC2(CC1)COC(COc1ccccn1)C2. The molecule has 1 amide bonds. The molecule has 0 aliphatic carbocycles. The van der Waals surface area contributed by atoms with Gasteiger partial charge >= 0.3 is 24.3 Å². The van der Waals surface area contributed by atoms with Gasteiger partial charge in [0.05, 0.1) is 18.3 Å². The lowest BCUT2D eigenvalue weighted by atomic mass is 9.76. The van der Waals surface area contributed by atoms with Gasteiger partial charge in [-0.1, -0.05) is 6.07 Å². The molecule has 10 nitrogen and oxygen atoms in total. The van der Waals surface area contributed by atoms with Crippen LogP contribution in [0.15, 0.2) is 48.9 Å². The number of carboxylic acid groups (broad SMARTS) is 2. The van der Waals surface area contributed by atoms with Crippen LogP contribution in [0.1, 0.15) is 29.6 Å². The van der Waals surface area contributed by atoms with E-state index < -0.39 is 24.3 Å². The minimum absolute atomic E-state index is 0.0712. The van der Waals surface area contributed by atoms with Crippen LogP contribution in [0.25, 0.3) is 0 Å². The summed E-state index contributed by atoms with van der Waals surface area (Å²) in [5.74, 6) is -4.81. The largest absolute Gasteiger partial charge is 0.490 e. The molecule has 0 aromatic carbocycles. The van der Waals surface area contributed by atoms with E-state index in [0.717, 1.165) is 39.0 Å². The number of hydrogen-bond acceptors (Lipinski definition) is 7. The minimum atomic E-state index is -5.08. The summed E-state index contributed by atoms with van der Waals surface area (Å²) in [6.45, 7) is 2.81. The smallest absolute Gasteiger partial charge is 0.475 e. The van der Waals surface area contributed by atoms with E-state index in [1.54, 1.807) is 24.7 Å². The Balaban J connectivity index is 0.000000333. The molecule has 2 aliphatic rings. The Morgan fingerprint density at radius 1 is 0.975 bits per heavy atom. The zero-order chi connectivity index (χ0) is 30.0. The molecule has 0 bridgehead atoms. The van der Waals surface area contributed by atoms with Crippen molar-refractivity contribution in [1.82, 2.24) is 14.9 Å². The fourth-order valence-corrected chi connectivity index (χ4v) is 3.82. The lowest BCUT2D eigenvalue weighted by Gasteiger charge is -2.38. The average Bonchev–Trinajstić information content (AvgIpc) is 3.30. The molecule has 40 heavy (non-hydrogen) atoms. The topological polar surface area (TPSA) is 139 Å². The number of amides is 1. The third-order valence-corrected chi connectivity index (χ3v) is 5.85. The molecule has 220 valence electrons. The maximum Gasteiger partial charge on any atom is 0.490 e. The highest BCUT2D eigenvalue weighted by Crippen LogP contribution is 2.42. The first-order valence-electron chi connectivity index (χ1n) is 11.6. The second-order valence-corrected chi connectivity index (χ2v) is 8.76. The van der Waals surface area contributed by atoms with Crippen molar-refractivity contribution in [3.63, 3.8) is 0 Å². The molecule has 4 heterocycles. The number of ether oxygens (including phenoxy) is 2. The molecule has 16 heteroatoms. The zero-order valence-corrected chi connectivity index (χ0v) is 20.7. The number of piperidine rings is 1. The lowest BCUT2D eigenvalue weighted by molar-refractivity contribution is -0.193. The Kier molecular flexibility index (Phi) is 11.2. The Morgan fingerprint density at radius 3 is 2.05 bits per heavy atom. The number of aliphatic carboxylic acids is 2. The fraction of sp³-hybridized carbons (Fsp3) is 0.458. The van der Waals surface area contributed by atoms with Crippen molar-refractivity contribution in [2.45, 2.75) is 37.7 Å². The first-order valence-corrected chi connectivity index (χ1v) is 11.6. The Bertz CT molecular complexity index is 1090. The number of nitrogens with zero attached hydrogens (tertiary/aromatic N) is 3. The van der Waals surface area contributed by atoms with Gasteiger partial charge in [-0.15, -0.1) is 0 Å². The number of aromatic nitrogens is 2. The number of halogens is 6. The quantitative estimate of drug-likeness (QED) is 0.516. The van der Waals surface area contributed by atoms with Crippen LogP contribution in [0.5, 0.6) is 5.88 Å². The van der Waals surface area contributed by atoms with Gasteiger partial charge in [-0.2, -0.15) is 26.3 Å². The molecular formula is C24H25F6N3O7. The summed E-state index contributed by atoms with van der Waals surface area (Å²) in [4.78, 5) is 40.5. The van der Waals surface area contributed by atoms with Crippen LogP contribution in [0.2, 0.25) is 0 Å². The molecule has 2 aromatic rings. The average molecular weight is 581 g/mol. The van der Waals surface area contributed by atoms with Crippen molar-refractivity contribution in [3.8, 4) is 5.88 Å². The fourth-order valence-electron chi connectivity index (χ4n) is 3.82. The molecule has 2 aliphatic heterocycles. The molecule has 1 atom stereocenters. The summed E-state index contributed by atoms with van der Waals surface area (Å²) in [6.07, 6.45) is -2.10. The minimum Gasteiger partial charge on any atom is -0.475 e. The summed E-state index contributed by atoms with van der Waals surface area (Å²) in [6, 6.07) is 9.26. The molecule has 0 radical (unpaired) electrons. The number of carboxylic acids is 2. The summed E-state index contributed by atoms with van der Waals surface area (Å²) >= 11 is 0. The summed E-state index contributed by atoms with van der Waals surface area (Å²) in [7, 11) is 0. The molecule has 1 unspecified atom stereocenters.